The van der Waals surface area contributed by atoms with Crippen LogP contribution in [-0.2, 0) is 19.4 Å². The van der Waals surface area contributed by atoms with Gasteiger partial charge >= 0.3 is 0 Å². The van der Waals surface area contributed by atoms with Crippen molar-refractivity contribution < 1.29 is 18.0 Å². The summed E-state index contributed by atoms with van der Waals surface area (Å²) < 4.78 is 24.7. The molecule has 7 nitrogen and oxygen atoms in total. The first-order valence-corrected chi connectivity index (χ1v) is 10.9. The number of rotatable bonds is 7. The second kappa shape index (κ2) is 9.32. The lowest BCUT2D eigenvalue weighted by molar-refractivity contribution is -0.144. The third kappa shape index (κ3) is 5.52. The Morgan fingerprint density at radius 2 is 1.85 bits per heavy atom. The van der Waals surface area contributed by atoms with Crippen molar-refractivity contribution in [1.29, 1.82) is 0 Å². The summed E-state index contributed by atoms with van der Waals surface area (Å²) in [6.45, 7) is 5.80. The number of carbonyl (C=O) groups is 2. The highest BCUT2D eigenvalue weighted by atomic mass is 32.2. The van der Waals surface area contributed by atoms with Gasteiger partial charge in [0.1, 0.15) is 6.04 Å². The third-order valence-corrected chi connectivity index (χ3v) is 6.73. The number of hydrogen-bond donors (Lipinski definition) is 1. The molecule has 1 aliphatic rings. The predicted octanol–water partition coefficient (Wildman–Crippen LogP) is 0.908. The molecule has 0 bridgehead atoms. The highest BCUT2D eigenvalue weighted by Crippen LogP contribution is 2.16. The van der Waals surface area contributed by atoms with Crippen LogP contribution in [0.5, 0.6) is 0 Å². The number of hydrogen-bond acceptors (Lipinski definition) is 5. The number of carbonyl (C=O) groups excluding carboxylic acids is 2. The first-order valence-electron chi connectivity index (χ1n) is 9.29. The molecule has 1 aliphatic heterocycles. The van der Waals surface area contributed by atoms with Gasteiger partial charge in [0.15, 0.2) is 9.84 Å². The van der Waals surface area contributed by atoms with Gasteiger partial charge in [0.25, 0.3) is 0 Å². The van der Waals surface area contributed by atoms with E-state index in [1.807, 2.05) is 0 Å². The molecule has 1 unspecified atom stereocenters. The molecule has 1 aromatic rings. The van der Waals surface area contributed by atoms with Crippen molar-refractivity contribution in [3.8, 4) is 0 Å². The van der Waals surface area contributed by atoms with Crippen molar-refractivity contribution >= 4 is 21.7 Å². The highest BCUT2D eigenvalue weighted by Gasteiger charge is 2.35. The van der Waals surface area contributed by atoms with Gasteiger partial charge in [-0.1, -0.05) is 18.2 Å². The maximum Gasteiger partial charge on any atom is 0.243 e. The zero-order valence-corrected chi connectivity index (χ0v) is 17.0. The molecule has 27 heavy (non-hydrogen) atoms. The first-order chi connectivity index (χ1) is 12.8. The Labute approximate surface area is 161 Å². The van der Waals surface area contributed by atoms with Gasteiger partial charge in [0.2, 0.25) is 11.8 Å². The van der Waals surface area contributed by atoms with E-state index in [2.05, 4.69) is 24.1 Å². The van der Waals surface area contributed by atoms with Crippen LogP contribution >= 0.6 is 0 Å². The number of benzene rings is 1. The molecular weight excluding hydrogens is 366 g/mol. The van der Waals surface area contributed by atoms with Crippen LogP contribution in [0.2, 0.25) is 0 Å². The molecule has 1 N–H and O–H groups in total. The van der Waals surface area contributed by atoms with E-state index in [0.29, 0.717) is 25.7 Å². The van der Waals surface area contributed by atoms with Crippen molar-refractivity contribution in [3.05, 3.63) is 30.3 Å². The molecule has 0 radical (unpaired) electrons. The highest BCUT2D eigenvalue weighted by molar-refractivity contribution is 7.91. The predicted molar refractivity (Wildman–Crippen MR) is 104 cm³/mol. The van der Waals surface area contributed by atoms with Crippen LogP contribution in [0.3, 0.4) is 0 Å². The van der Waals surface area contributed by atoms with Crippen molar-refractivity contribution in [2.75, 3.05) is 32.4 Å². The van der Waals surface area contributed by atoms with Gasteiger partial charge in [-0.05, 0) is 32.4 Å². The summed E-state index contributed by atoms with van der Waals surface area (Å²) in [5.74, 6) is -0.444. The number of amides is 2. The number of piperazine rings is 1. The molecule has 1 saturated heterocycles. The van der Waals surface area contributed by atoms with Crippen molar-refractivity contribution in [3.63, 3.8) is 0 Å². The van der Waals surface area contributed by atoms with Crippen LogP contribution < -0.4 is 5.32 Å². The average molecular weight is 396 g/mol. The van der Waals surface area contributed by atoms with Gasteiger partial charge in [-0.25, -0.2) is 8.42 Å². The van der Waals surface area contributed by atoms with Gasteiger partial charge in [-0.15, -0.1) is 0 Å². The Balaban J connectivity index is 1.96. The van der Waals surface area contributed by atoms with Crippen molar-refractivity contribution in [1.82, 2.24) is 15.1 Å². The molecule has 0 saturated carbocycles. The minimum atomic E-state index is -3.40. The van der Waals surface area contributed by atoms with Crippen LogP contribution in [0, 0.1) is 0 Å². The number of sulfone groups is 1. The zero-order valence-electron chi connectivity index (χ0n) is 16.2. The van der Waals surface area contributed by atoms with E-state index in [0.717, 1.165) is 0 Å². The molecular formula is C19H29N3O4S. The minimum absolute atomic E-state index is 0.0840. The minimum Gasteiger partial charge on any atom is -0.357 e. The summed E-state index contributed by atoms with van der Waals surface area (Å²) in [5, 5.41) is 2.63. The Hall–Kier alpha value is -1.93. The molecule has 0 aromatic heterocycles. The first kappa shape index (κ1) is 21.4. The topological polar surface area (TPSA) is 86.8 Å². The monoisotopic (exact) mass is 395 g/mol. The maximum absolute atomic E-state index is 12.7. The lowest BCUT2D eigenvalue weighted by Gasteiger charge is -2.42. The summed E-state index contributed by atoms with van der Waals surface area (Å²) in [6.07, 6.45) is 0.349. The molecule has 2 rings (SSSR count). The standard InChI is InChI=1S/C19H29N3O4S/c1-15(2)21-11-12-22(17(14-21)19(24)20-3)18(23)10-7-13-27(25,26)16-8-5-4-6-9-16/h4-6,8-9,15,17H,7,10-14H2,1-3H3,(H,20,24). The fraction of sp³-hybridized carbons (Fsp3) is 0.579. The van der Waals surface area contributed by atoms with E-state index in [9.17, 15) is 18.0 Å². The van der Waals surface area contributed by atoms with Gasteiger partial charge < -0.3 is 10.2 Å². The number of nitrogens with zero attached hydrogens (tertiary/aromatic N) is 2. The second-order valence-electron chi connectivity index (χ2n) is 7.04. The molecule has 1 atom stereocenters. The fourth-order valence-corrected chi connectivity index (χ4v) is 4.60. The summed E-state index contributed by atoms with van der Waals surface area (Å²) in [7, 11) is -1.84. The van der Waals surface area contributed by atoms with Gasteiger partial charge in [-0.3, -0.25) is 14.5 Å². The van der Waals surface area contributed by atoms with E-state index in [1.54, 1.807) is 42.3 Å². The van der Waals surface area contributed by atoms with Crippen molar-refractivity contribution in [2.24, 2.45) is 0 Å². The Kier molecular flexibility index (Phi) is 7.38. The lowest BCUT2D eigenvalue weighted by Crippen LogP contribution is -2.61. The van der Waals surface area contributed by atoms with Crippen LogP contribution in [0.15, 0.2) is 35.2 Å². The smallest absolute Gasteiger partial charge is 0.243 e. The summed E-state index contributed by atoms with van der Waals surface area (Å²) >= 11 is 0. The Bertz CT molecular complexity index is 749. The lowest BCUT2D eigenvalue weighted by atomic mass is 10.1. The largest absolute Gasteiger partial charge is 0.357 e. The SMILES string of the molecule is CNC(=O)C1CN(C(C)C)CCN1C(=O)CCCS(=O)(=O)c1ccccc1. The van der Waals surface area contributed by atoms with Gasteiger partial charge in [0.05, 0.1) is 10.6 Å². The van der Waals surface area contributed by atoms with Crippen LogP contribution in [0.4, 0.5) is 0 Å². The molecule has 150 valence electrons. The van der Waals surface area contributed by atoms with E-state index in [4.69, 9.17) is 0 Å². The third-order valence-electron chi connectivity index (χ3n) is 4.92. The van der Waals surface area contributed by atoms with E-state index >= 15 is 0 Å². The van der Waals surface area contributed by atoms with Crippen molar-refractivity contribution in [2.45, 2.75) is 43.7 Å². The van der Waals surface area contributed by atoms with E-state index < -0.39 is 15.9 Å². The average Bonchev–Trinajstić information content (AvgIpc) is 2.67. The number of nitrogens with one attached hydrogen (secondary N) is 1. The molecule has 0 spiro atoms. The molecule has 0 aliphatic carbocycles. The quantitative estimate of drug-likeness (QED) is 0.742. The normalized spacial score (nSPS) is 18.5. The fourth-order valence-electron chi connectivity index (χ4n) is 3.27. The summed E-state index contributed by atoms with van der Waals surface area (Å²) in [5.41, 5.74) is 0. The Morgan fingerprint density at radius 1 is 1.19 bits per heavy atom. The molecule has 1 fully saturated rings. The van der Waals surface area contributed by atoms with Crippen LogP contribution in [0.1, 0.15) is 26.7 Å². The van der Waals surface area contributed by atoms with E-state index in [-0.39, 0.29) is 35.3 Å². The molecule has 2 amide bonds. The molecule has 1 aromatic carbocycles. The summed E-state index contributed by atoms with van der Waals surface area (Å²) in [6, 6.07) is 8.00. The number of likely N-dealkylation sites (N-methyl/N-ethyl adjacent to an activating group) is 1. The van der Waals surface area contributed by atoms with Crippen LogP contribution in [0.25, 0.3) is 0 Å². The zero-order chi connectivity index (χ0) is 20.0. The van der Waals surface area contributed by atoms with Gasteiger partial charge in [0, 0.05) is 39.1 Å². The maximum atomic E-state index is 12.7. The Morgan fingerprint density at radius 3 is 2.44 bits per heavy atom. The molecule has 1 heterocycles. The van der Waals surface area contributed by atoms with E-state index in [1.165, 1.54) is 0 Å². The van der Waals surface area contributed by atoms with Gasteiger partial charge in [-0.2, -0.15) is 0 Å². The van der Waals surface area contributed by atoms with Crippen LogP contribution in [-0.4, -0.2) is 74.6 Å². The summed E-state index contributed by atoms with van der Waals surface area (Å²) in [4.78, 5) is 28.9. The second-order valence-corrected chi connectivity index (χ2v) is 9.15. The molecule has 8 heteroatoms.